The van der Waals surface area contributed by atoms with Gasteiger partial charge >= 0.3 is 0 Å². The van der Waals surface area contributed by atoms with Gasteiger partial charge in [-0.1, -0.05) is 47.7 Å². The van der Waals surface area contributed by atoms with Crippen LogP contribution in [-0.4, -0.2) is 14.8 Å². The highest BCUT2D eigenvalue weighted by Gasteiger charge is 2.29. The SMILES string of the molecule is Cc1cccc(CSc2nnc(Cc3cccs3)n2C2CC2)c1. The summed E-state index contributed by atoms with van der Waals surface area (Å²) < 4.78 is 2.38. The second-order valence-electron chi connectivity index (χ2n) is 6.03. The minimum Gasteiger partial charge on any atom is -0.303 e. The summed E-state index contributed by atoms with van der Waals surface area (Å²) in [5.41, 5.74) is 2.66. The van der Waals surface area contributed by atoms with E-state index < -0.39 is 0 Å². The number of rotatable bonds is 6. The van der Waals surface area contributed by atoms with Gasteiger partial charge in [-0.05, 0) is 36.8 Å². The van der Waals surface area contributed by atoms with Crippen molar-refractivity contribution in [2.75, 3.05) is 0 Å². The first-order valence-corrected chi connectivity index (χ1v) is 9.80. The number of benzene rings is 1. The molecule has 0 N–H and O–H groups in total. The van der Waals surface area contributed by atoms with Crippen LogP contribution >= 0.6 is 23.1 Å². The lowest BCUT2D eigenvalue weighted by Crippen LogP contribution is -2.03. The monoisotopic (exact) mass is 341 g/mol. The molecular formula is C18H19N3S2. The van der Waals surface area contributed by atoms with Crippen LogP contribution < -0.4 is 0 Å². The Morgan fingerprint density at radius 3 is 2.87 bits per heavy atom. The number of aryl methyl sites for hydroxylation is 1. The van der Waals surface area contributed by atoms with Gasteiger partial charge in [0.1, 0.15) is 5.82 Å². The average Bonchev–Trinajstić information content (AvgIpc) is 3.10. The molecule has 3 nitrogen and oxygen atoms in total. The molecule has 0 saturated heterocycles. The summed E-state index contributed by atoms with van der Waals surface area (Å²) >= 11 is 3.60. The van der Waals surface area contributed by atoms with Crippen molar-refractivity contribution in [2.24, 2.45) is 0 Å². The molecule has 0 bridgehead atoms. The number of thioether (sulfide) groups is 1. The normalized spacial score (nSPS) is 14.3. The third-order valence-electron chi connectivity index (χ3n) is 4.01. The molecule has 1 aromatic carbocycles. The quantitative estimate of drug-likeness (QED) is 0.600. The zero-order chi connectivity index (χ0) is 15.6. The van der Waals surface area contributed by atoms with Crippen LogP contribution in [0, 0.1) is 6.92 Å². The van der Waals surface area contributed by atoms with Crippen molar-refractivity contribution in [3.05, 3.63) is 63.6 Å². The molecule has 2 heterocycles. The average molecular weight is 342 g/mol. The minimum atomic E-state index is 0.611. The molecule has 0 spiro atoms. The maximum Gasteiger partial charge on any atom is 0.191 e. The summed E-state index contributed by atoms with van der Waals surface area (Å²) in [5.74, 6) is 2.06. The van der Waals surface area contributed by atoms with Crippen LogP contribution in [0.4, 0.5) is 0 Å². The van der Waals surface area contributed by atoms with Gasteiger partial charge < -0.3 is 4.57 Å². The lowest BCUT2D eigenvalue weighted by molar-refractivity contribution is 0.635. The van der Waals surface area contributed by atoms with Crippen molar-refractivity contribution in [3.63, 3.8) is 0 Å². The van der Waals surface area contributed by atoms with E-state index >= 15 is 0 Å². The van der Waals surface area contributed by atoms with Crippen molar-refractivity contribution < 1.29 is 0 Å². The van der Waals surface area contributed by atoms with E-state index in [-0.39, 0.29) is 0 Å². The zero-order valence-corrected chi connectivity index (χ0v) is 14.7. The molecule has 5 heteroatoms. The molecule has 0 radical (unpaired) electrons. The van der Waals surface area contributed by atoms with E-state index in [4.69, 9.17) is 0 Å². The fourth-order valence-electron chi connectivity index (χ4n) is 2.74. The lowest BCUT2D eigenvalue weighted by atomic mass is 10.2. The first kappa shape index (κ1) is 15.0. The molecule has 1 fully saturated rings. The third kappa shape index (κ3) is 3.51. The Morgan fingerprint density at radius 2 is 2.13 bits per heavy atom. The summed E-state index contributed by atoms with van der Waals surface area (Å²) in [6, 6.07) is 13.6. The Balaban J connectivity index is 1.53. The third-order valence-corrected chi connectivity index (χ3v) is 5.90. The predicted molar refractivity (Wildman–Crippen MR) is 96.2 cm³/mol. The van der Waals surface area contributed by atoms with E-state index in [0.29, 0.717) is 6.04 Å². The van der Waals surface area contributed by atoms with E-state index in [2.05, 4.69) is 63.5 Å². The summed E-state index contributed by atoms with van der Waals surface area (Å²) in [5, 5.41) is 12.2. The van der Waals surface area contributed by atoms with Gasteiger partial charge in [0.25, 0.3) is 0 Å². The number of hydrogen-bond acceptors (Lipinski definition) is 4. The first-order valence-electron chi connectivity index (χ1n) is 7.94. The molecule has 2 aromatic heterocycles. The van der Waals surface area contributed by atoms with Crippen LogP contribution in [0.15, 0.2) is 46.9 Å². The molecule has 3 aromatic rings. The second-order valence-corrected chi connectivity index (χ2v) is 8.01. The molecule has 1 aliphatic rings. The van der Waals surface area contributed by atoms with Crippen molar-refractivity contribution in [1.82, 2.24) is 14.8 Å². The van der Waals surface area contributed by atoms with Gasteiger partial charge in [0.05, 0.1) is 0 Å². The van der Waals surface area contributed by atoms with E-state index in [9.17, 15) is 0 Å². The minimum absolute atomic E-state index is 0.611. The molecular weight excluding hydrogens is 322 g/mol. The summed E-state index contributed by atoms with van der Waals surface area (Å²) in [6.07, 6.45) is 3.41. The van der Waals surface area contributed by atoms with Crippen LogP contribution in [0.1, 0.15) is 40.7 Å². The van der Waals surface area contributed by atoms with Crippen LogP contribution in [0.2, 0.25) is 0 Å². The molecule has 0 unspecified atom stereocenters. The molecule has 0 amide bonds. The Bertz CT molecular complexity index is 788. The molecule has 1 saturated carbocycles. The van der Waals surface area contributed by atoms with Crippen molar-refractivity contribution in [3.8, 4) is 0 Å². The smallest absolute Gasteiger partial charge is 0.191 e. The second kappa shape index (κ2) is 6.49. The van der Waals surface area contributed by atoms with Gasteiger partial charge in [-0.15, -0.1) is 21.5 Å². The molecule has 118 valence electrons. The molecule has 23 heavy (non-hydrogen) atoms. The number of thiophene rings is 1. The highest BCUT2D eigenvalue weighted by molar-refractivity contribution is 7.98. The molecule has 0 atom stereocenters. The van der Waals surface area contributed by atoms with Crippen molar-refractivity contribution >= 4 is 23.1 Å². The zero-order valence-electron chi connectivity index (χ0n) is 13.1. The highest BCUT2D eigenvalue weighted by atomic mass is 32.2. The van der Waals surface area contributed by atoms with Gasteiger partial charge in [0, 0.05) is 23.1 Å². The predicted octanol–water partition coefficient (Wildman–Crippen LogP) is 4.87. The van der Waals surface area contributed by atoms with E-state index in [1.807, 2.05) is 0 Å². The van der Waals surface area contributed by atoms with Crippen molar-refractivity contribution in [2.45, 2.75) is 43.1 Å². The number of hydrogen-bond donors (Lipinski definition) is 0. The van der Waals surface area contributed by atoms with Gasteiger partial charge in [-0.2, -0.15) is 0 Å². The standard InChI is InChI=1S/C18H19N3S2/c1-13-4-2-5-14(10-13)12-23-18-20-19-17(21(18)15-7-8-15)11-16-6-3-9-22-16/h2-6,9-10,15H,7-8,11-12H2,1H3. The summed E-state index contributed by atoms with van der Waals surface area (Å²) in [7, 11) is 0. The summed E-state index contributed by atoms with van der Waals surface area (Å²) in [4.78, 5) is 1.36. The van der Waals surface area contributed by atoms with Crippen molar-refractivity contribution in [1.29, 1.82) is 0 Å². The molecule has 4 rings (SSSR count). The first-order chi connectivity index (χ1) is 11.3. The van der Waals surface area contributed by atoms with E-state index in [1.165, 1.54) is 28.8 Å². The number of aromatic nitrogens is 3. The van der Waals surface area contributed by atoms with Gasteiger partial charge in [-0.25, -0.2) is 0 Å². The van der Waals surface area contributed by atoms with Gasteiger partial charge in [-0.3, -0.25) is 0 Å². The lowest BCUT2D eigenvalue weighted by Gasteiger charge is -2.08. The van der Waals surface area contributed by atoms with E-state index in [0.717, 1.165) is 23.2 Å². The summed E-state index contributed by atoms with van der Waals surface area (Å²) in [6.45, 7) is 2.14. The highest BCUT2D eigenvalue weighted by Crippen LogP contribution is 2.39. The Labute approximate surface area is 144 Å². The van der Waals surface area contributed by atoms with Gasteiger partial charge in [0.2, 0.25) is 0 Å². The maximum absolute atomic E-state index is 4.48. The molecule has 0 aliphatic heterocycles. The van der Waals surface area contributed by atoms with Crippen LogP contribution in [0.5, 0.6) is 0 Å². The fourth-order valence-corrected chi connectivity index (χ4v) is 4.41. The van der Waals surface area contributed by atoms with Gasteiger partial charge in [0.15, 0.2) is 5.16 Å². The fraction of sp³-hybridized carbons (Fsp3) is 0.333. The van der Waals surface area contributed by atoms with Crippen LogP contribution in [0.3, 0.4) is 0 Å². The Hall–Kier alpha value is -1.59. The maximum atomic E-state index is 4.48. The van der Waals surface area contributed by atoms with E-state index in [1.54, 1.807) is 23.1 Å². The Kier molecular flexibility index (Phi) is 4.23. The van der Waals surface area contributed by atoms with Crippen LogP contribution in [-0.2, 0) is 12.2 Å². The van der Waals surface area contributed by atoms with Crippen LogP contribution in [0.25, 0.3) is 0 Å². The number of nitrogens with zero attached hydrogens (tertiary/aromatic N) is 3. The molecule has 1 aliphatic carbocycles. The largest absolute Gasteiger partial charge is 0.303 e. The Morgan fingerprint density at radius 1 is 1.22 bits per heavy atom. The topological polar surface area (TPSA) is 30.7 Å².